The fourth-order valence-electron chi connectivity index (χ4n) is 5.43. The van der Waals surface area contributed by atoms with E-state index in [0.717, 1.165) is 38.4 Å². The van der Waals surface area contributed by atoms with Gasteiger partial charge in [-0.1, -0.05) is 6.07 Å². The molecule has 1 saturated carbocycles. The van der Waals surface area contributed by atoms with Crippen LogP contribution in [-0.4, -0.2) is 65.2 Å². The quantitative estimate of drug-likeness (QED) is 0.192. The molecule has 1 unspecified atom stereocenters. The molecule has 1 atom stereocenters. The van der Waals surface area contributed by atoms with E-state index in [1.54, 1.807) is 30.0 Å². The number of fused-ring (bicyclic) bond motifs is 1. The third-order valence-electron chi connectivity index (χ3n) is 7.84. The fraction of sp³-hybridized carbons (Fsp3) is 0.467. The molecule has 1 aliphatic heterocycles. The largest absolute Gasteiger partial charge is 0.385 e. The van der Waals surface area contributed by atoms with E-state index in [1.165, 1.54) is 16.7 Å². The molecule has 0 bridgehead atoms. The van der Waals surface area contributed by atoms with Crippen molar-refractivity contribution in [1.29, 1.82) is 0 Å². The number of aromatic nitrogens is 5. The van der Waals surface area contributed by atoms with E-state index in [9.17, 15) is 22.0 Å². The molecule has 2 N–H and O–H groups in total. The highest BCUT2D eigenvalue weighted by Gasteiger charge is 2.32. The summed E-state index contributed by atoms with van der Waals surface area (Å²) in [6, 6.07) is 8.13. The number of nitrogens with zero attached hydrogens (tertiary/aromatic N) is 5. The zero-order chi connectivity index (χ0) is 31.7. The lowest BCUT2D eigenvalue weighted by molar-refractivity contribution is -0.117. The van der Waals surface area contributed by atoms with Gasteiger partial charge < -0.3 is 20.1 Å². The normalized spacial score (nSPS) is 17.2. The Balaban J connectivity index is 1.42. The Bertz CT molecular complexity index is 1810. The number of methoxy groups -OCH3 is 1. The zero-order valence-corrected chi connectivity index (χ0v) is 25.8. The Morgan fingerprint density at radius 2 is 1.96 bits per heavy atom. The molecular formula is C30H35F2N7O5S. The number of halogens is 2. The number of amides is 1. The van der Waals surface area contributed by atoms with Crippen LogP contribution in [0.1, 0.15) is 57.0 Å². The maximum Gasteiger partial charge on any atom is 0.295 e. The number of pyridine rings is 1. The Hall–Kier alpha value is -3.95. The lowest BCUT2D eigenvalue weighted by atomic mass is 10.1. The first kappa shape index (κ1) is 31.0. The molecule has 0 spiro atoms. The van der Waals surface area contributed by atoms with Gasteiger partial charge in [0, 0.05) is 56.9 Å². The highest BCUT2D eigenvalue weighted by atomic mass is 32.2. The average molecular weight is 644 g/mol. The first-order chi connectivity index (χ1) is 21.6. The highest BCUT2D eigenvalue weighted by Crippen LogP contribution is 2.38. The van der Waals surface area contributed by atoms with Crippen LogP contribution in [0.5, 0.6) is 0 Å². The van der Waals surface area contributed by atoms with Crippen molar-refractivity contribution in [3.63, 3.8) is 0 Å². The van der Waals surface area contributed by atoms with Crippen molar-refractivity contribution in [2.45, 2.75) is 62.6 Å². The van der Waals surface area contributed by atoms with E-state index in [1.807, 2.05) is 6.20 Å². The van der Waals surface area contributed by atoms with Gasteiger partial charge in [0.25, 0.3) is 6.43 Å². The molecule has 1 aliphatic carbocycles. The molecule has 1 amide bonds. The molecule has 12 nitrogen and oxygen atoms in total. The summed E-state index contributed by atoms with van der Waals surface area (Å²) in [5.41, 5.74) is 1.79. The van der Waals surface area contributed by atoms with Gasteiger partial charge >= 0.3 is 0 Å². The third-order valence-corrected chi connectivity index (χ3v) is 8.97. The van der Waals surface area contributed by atoms with Crippen molar-refractivity contribution in [1.82, 2.24) is 24.3 Å². The van der Waals surface area contributed by atoms with Crippen molar-refractivity contribution < 1.29 is 31.5 Å². The van der Waals surface area contributed by atoms with E-state index >= 15 is 0 Å². The number of anilines is 3. The predicted molar refractivity (Wildman–Crippen MR) is 163 cm³/mol. The van der Waals surface area contributed by atoms with Crippen LogP contribution in [0.4, 0.5) is 26.0 Å². The van der Waals surface area contributed by atoms with E-state index in [4.69, 9.17) is 9.47 Å². The predicted octanol–water partition coefficient (Wildman–Crippen LogP) is 5.46. The van der Waals surface area contributed by atoms with Crippen LogP contribution in [0.15, 0.2) is 41.4 Å². The molecular weight excluding hydrogens is 608 g/mol. The van der Waals surface area contributed by atoms with Crippen LogP contribution in [0.3, 0.4) is 0 Å². The topological polar surface area (TPSA) is 142 Å². The lowest BCUT2D eigenvalue weighted by Gasteiger charge is -2.25. The highest BCUT2D eigenvalue weighted by molar-refractivity contribution is 7.90. The van der Waals surface area contributed by atoms with Crippen molar-refractivity contribution in [2.75, 3.05) is 37.2 Å². The summed E-state index contributed by atoms with van der Waals surface area (Å²) in [5, 5.41) is 10.5. The number of ether oxygens (including phenoxy) is 2. The molecule has 0 radical (unpaired) electrons. The molecule has 45 heavy (non-hydrogen) atoms. The molecule has 15 heteroatoms. The van der Waals surface area contributed by atoms with Gasteiger partial charge in [-0.25, -0.2) is 27.2 Å². The average Bonchev–Trinajstić information content (AvgIpc) is 3.64. The van der Waals surface area contributed by atoms with Crippen molar-refractivity contribution in [3.8, 4) is 11.3 Å². The van der Waals surface area contributed by atoms with Gasteiger partial charge in [-0.05, 0) is 56.7 Å². The Morgan fingerprint density at radius 3 is 2.64 bits per heavy atom. The van der Waals surface area contributed by atoms with Crippen LogP contribution < -0.4 is 10.6 Å². The van der Waals surface area contributed by atoms with Gasteiger partial charge in [-0.2, -0.15) is 5.10 Å². The lowest BCUT2D eigenvalue weighted by Crippen LogP contribution is -2.21. The standard InChI is InChI=1S/C30H35F2N7O5S/c1-43-14-5-12-38-13-11-20(37-38)19-9-10-21(23(16-19)45(2,41)42)33-22-17-24(35-30(40)18-7-8-18)34-28-26(22)36-29(27(31)32)39(28)25-6-3-4-15-44-25/h9-11,13,16-18,25,27H,3-8,12,14-15H2,1-2H3,(H2,33,34,35,40). The zero-order valence-electron chi connectivity index (χ0n) is 25.0. The van der Waals surface area contributed by atoms with Gasteiger partial charge in [-0.15, -0.1) is 0 Å². The molecule has 4 aromatic rings. The molecule has 2 fully saturated rings. The van der Waals surface area contributed by atoms with Crippen molar-refractivity contribution in [2.24, 2.45) is 5.92 Å². The first-order valence-electron chi connectivity index (χ1n) is 14.9. The summed E-state index contributed by atoms with van der Waals surface area (Å²) in [5.74, 6) is -0.728. The summed E-state index contributed by atoms with van der Waals surface area (Å²) in [4.78, 5) is 21.5. The molecule has 2 aliphatic rings. The molecule has 4 heterocycles. The van der Waals surface area contributed by atoms with Crippen LogP contribution in [0, 0.1) is 5.92 Å². The van der Waals surface area contributed by atoms with E-state index < -0.39 is 28.3 Å². The maximum absolute atomic E-state index is 14.4. The van der Waals surface area contributed by atoms with Crippen molar-refractivity contribution in [3.05, 3.63) is 42.4 Å². The monoisotopic (exact) mass is 643 g/mol. The van der Waals surface area contributed by atoms with Gasteiger partial charge in [0.05, 0.1) is 22.0 Å². The first-order valence-corrected chi connectivity index (χ1v) is 16.8. The third kappa shape index (κ3) is 6.84. The second-order valence-corrected chi connectivity index (χ2v) is 13.4. The number of aryl methyl sites for hydroxylation is 1. The summed E-state index contributed by atoms with van der Waals surface area (Å²) < 4.78 is 68.8. The van der Waals surface area contributed by atoms with Gasteiger partial charge in [0.2, 0.25) is 5.91 Å². The van der Waals surface area contributed by atoms with Crippen LogP contribution in [-0.2, 0) is 30.7 Å². The molecule has 240 valence electrons. The SMILES string of the molecule is COCCCn1ccc(-c2ccc(Nc3cc(NC(=O)C4CC4)nc4c3nc(C(F)F)n4C3CCCCO3)c(S(C)(=O)=O)c2)n1. The summed E-state index contributed by atoms with van der Waals surface area (Å²) >= 11 is 0. The molecule has 1 aromatic carbocycles. The fourth-order valence-corrected chi connectivity index (χ4v) is 6.29. The Labute approximate surface area is 259 Å². The van der Waals surface area contributed by atoms with E-state index in [-0.39, 0.29) is 45.1 Å². The van der Waals surface area contributed by atoms with E-state index in [2.05, 4.69) is 25.7 Å². The summed E-state index contributed by atoms with van der Waals surface area (Å²) in [6.45, 7) is 1.64. The van der Waals surface area contributed by atoms with Gasteiger partial charge in [0.15, 0.2) is 21.3 Å². The number of carbonyl (C=O) groups is 1. The van der Waals surface area contributed by atoms with Crippen molar-refractivity contribution >= 4 is 44.1 Å². The van der Waals surface area contributed by atoms with Crippen LogP contribution >= 0.6 is 0 Å². The number of hydrogen-bond acceptors (Lipinski definition) is 9. The molecule has 1 saturated heterocycles. The maximum atomic E-state index is 14.4. The number of benzene rings is 1. The Morgan fingerprint density at radius 1 is 1.13 bits per heavy atom. The Kier molecular flexibility index (Phi) is 8.84. The van der Waals surface area contributed by atoms with Gasteiger partial charge in [-0.3, -0.25) is 14.0 Å². The number of imidazole rings is 1. The summed E-state index contributed by atoms with van der Waals surface area (Å²) in [7, 11) is -2.15. The number of nitrogens with one attached hydrogen (secondary N) is 2. The number of alkyl halides is 2. The molecule has 6 rings (SSSR count). The number of carbonyl (C=O) groups excluding carboxylic acids is 1. The second-order valence-electron chi connectivity index (χ2n) is 11.4. The van der Waals surface area contributed by atoms with Crippen LogP contribution in [0.25, 0.3) is 22.4 Å². The smallest absolute Gasteiger partial charge is 0.295 e. The number of hydrogen-bond donors (Lipinski definition) is 2. The number of rotatable bonds is 12. The summed E-state index contributed by atoms with van der Waals surface area (Å²) in [6.07, 6.45) is 3.66. The minimum atomic E-state index is -3.78. The second kappa shape index (κ2) is 12.8. The van der Waals surface area contributed by atoms with E-state index in [0.29, 0.717) is 37.4 Å². The van der Waals surface area contributed by atoms with Gasteiger partial charge in [0.1, 0.15) is 17.6 Å². The van der Waals surface area contributed by atoms with Crippen LogP contribution in [0.2, 0.25) is 0 Å². The molecule has 3 aromatic heterocycles. The number of sulfone groups is 1. The minimum Gasteiger partial charge on any atom is -0.385 e. The minimum absolute atomic E-state index is 0.0217.